The Bertz CT molecular complexity index is 357. The van der Waals surface area contributed by atoms with E-state index in [2.05, 4.69) is 5.92 Å². The zero-order chi connectivity index (χ0) is 10.6. The van der Waals surface area contributed by atoms with E-state index in [-0.39, 0.29) is 6.61 Å². The van der Waals surface area contributed by atoms with Gasteiger partial charge in [0.25, 0.3) is 0 Å². The van der Waals surface area contributed by atoms with E-state index in [1.54, 1.807) is 6.07 Å². The van der Waals surface area contributed by atoms with Crippen molar-refractivity contribution in [3.63, 3.8) is 0 Å². The number of benzene rings is 1. The van der Waals surface area contributed by atoms with Crippen LogP contribution in [0.15, 0.2) is 18.2 Å². The van der Waals surface area contributed by atoms with Crippen LogP contribution >= 0.6 is 11.6 Å². The maximum Gasteiger partial charge on any atom is 0.0788 e. The van der Waals surface area contributed by atoms with E-state index in [9.17, 15) is 0 Å². The van der Waals surface area contributed by atoms with Crippen molar-refractivity contribution >= 4 is 17.3 Å². The highest BCUT2D eigenvalue weighted by Gasteiger charge is 2.05. The van der Waals surface area contributed by atoms with Gasteiger partial charge in [0, 0.05) is 7.05 Å². The zero-order valence-electron chi connectivity index (χ0n) is 8.00. The van der Waals surface area contributed by atoms with Crippen molar-refractivity contribution in [1.82, 2.24) is 0 Å². The second-order valence-corrected chi connectivity index (χ2v) is 3.41. The lowest BCUT2D eigenvalue weighted by atomic mass is 10.2. The lowest BCUT2D eigenvalue weighted by Gasteiger charge is -2.17. The van der Waals surface area contributed by atoms with Gasteiger partial charge < -0.3 is 10.0 Å². The fourth-order valence-corrected chi connectivity index (χ4v) is 1.53. The summed E-state index contributed by atoms with van der Waals surface area (Å²) in [5.74, 6) is 2.54. The van der Waals surface area contributed by atoms with Gasteiger partial charge in [-0.1, -0.05) is 23.6 Å². The van der Waals surface area contributed by atoms with Crippen molar-refractivity contribution in [3.8, 4) is 12.3 Å². The molecule has 1 N–H and O–H groups in total. The maximum atomic E-state index is 8.89. The van der Waals surface area contributed by atoms with Gasteiger partial charge in [0.05, 0.1) is 23.9 Å². The molecule has 0 aliphatic carbocycles. The van der Waals surface area contributed by atoms with E-state index in [1.807, 2.05) is 24.1 Å². The summed E-state index contributed by atoms with van der Waals surface area (Å²) in [5.41, 5.74) is 1.68. The van der Waals surface area contributed by atoms with Crippen molar-refractivity contribution in [2.45, 2.75) is 6.61 Å². The molecule has 2 nitrogen and oxygen atoms in total. The monoisotopic (exact) mass is 209 g/mol. The average molecular weight is 210 g/mol. The topological polar surface area (TPSA) is 23.5 Å². The Labute approximate surface area is 89.1 Å². The molecule has 1 aromatic rings. The molecule has 0 bridgehead atoms. The zero-order valence-corrected chi connectivity index (χ0v) is 8.75. The van der Waals surface area contributed by atoms with Crippen LogP contribution in [0, 0.1) is 12.3 Å². The molecule has 1 rings (SSSR count). The molecule has 0 amide bonds. The Kier molecular flexibility index (Phi) is 3.82. The van der Waals surface area contributed by atoms with E-state index in [0.29, 0.717) is 11.6 Å². The van der Waals surface area contributed by atoms with Gasteiger partial charge in [-0.15, -0.1) is 6.42 Å². The van der Waals surface area contributed by atoms with Gasteiger partial charge in [-0.3, -0.25) is 0 Å². The molecule has 0 atom stereocenters. The van der Waals surface area contributed by atoms with Gasteiger partial charge in [0.1, 0.15) is 0 Å². The summed E-state index contributed by atoms with van der Waals surface area (Å²) in [5, 5.41) is 9.50. The molecule has 0 aromatic heterocycles. The van der Waals surface area contributed by atoms with Crippen LogP contribution in [0.4, 0.5) is 5.69 Å². The van der Waals surface area contributed by atoms with Crippen LogP contribution in [-0.2, 0) is 6.61 Å². The largest absolute Gasteiger partial charge is 0.392 e. The Morgan fingerprint density at radius 1 is 1.57 bits per heavy atom. The Hall–Kier alpha value is -1.17. The summed E-state index contributed by atoms with van der Waals surface area (Å²) in [7, 11) is 1.87. The van der Waals surface area contributed by atoms with Gasteiger partial charge in [-0.2, -0.15) is 0 Å². The van der Waals surface area contributed by atoms with Crippen LogP contribution in [-0.4, -0.2) is 18.7 Å². The molecule has 1 aromatic carbocycles. The highest BCUT2D eigenvalue weighted by Crippen LogP contribution is 2.25. The molecule has 0 heterocycles. The van der Waals surface area contributed by atoms with Gasteiger partial charge in [-0.05, 0) is 17.7 Å². The fourth-order valence-electron chi connectivity index (χ4n) is 1.18. The number of anilines is 1. The first-order valence-electron chi connectivity index (χ1n) is 4.23. The molecular formula is C11H12ClNO. The third kappa shape index (κ3) is 2.41. The van der Waals surface area contributed by atoms with Crippen LogP contribution in [0.3, 0.4) is 0 Å². The lowest BCUT2D eigenvalue weighted by Crippen LogP contribution is -2.17. The molecule has 0 aliphatic heterocycles. The third-order valence-corrected chi connectivity index (χ3v) is 2.24. The molecular weight excluding hydrogens is 198 g/mol. The lowest BCUT2D eigenvalue weighted by molar-refractivity contribution is 0.282. The number of nitrogens with zero attached hydrogens (tertiary/aromatic N) is 1. The fraction of sp³-hybridized carbons (Fsp3) is 0.273. The standard InChI is InChI=1S/C11H12ClNO/c1-3-6-13(2)11-5-4-9(8-14)7-10(11)12/h1,4-5,7,14H,6,8H2,2H3. The van der Waals surface area contributed by atoms with Crippen LogP contribution in [0.25, 0.3) is 0 Å². The predicted octanol–water partition coefficient (Wildman–Crippen LogP) is 1.90. The number of halogens is 1. The summed E-state index contributed by atoms with van der Waals surface area (Å²) < 4.78 is 0. The molecule has 0 aliphatic rings. The number of rotatable bonds is 3. The molecule has 0 unspecified atom stereocenters. The van der Waals surface area contributed by atoms with Gasteiger partial charge in [-0.25, -0.2) is 0 Å². The number of aliphatic hydroxyl groups excluding tert-OH is 1. The van der Waals surface area contributed by atoms with E-state index in [1.165, 1.54) is 0 Å². The van der Waals surface area contributed by atoms with Crippen molar-refractivity contribution in [2.24, 2.45) is 0 Å². The molecule has 74 valence electrons. The van der Waals surface area contributed by atoms with Gasteiger partial charge in [0.15, 0.2) is 0 Å². The Morgan fingerprint density at radius 2 is 2.29 bits per heavy atom. The second kappa shape index (κ2) is 4.90. The van der Waals surface area contributed by atoms with E-state index >= 15 is 0 Å². The molecule has 0 spiro atoms. The first-order chi connectivity index (χ1) is 6.69. The minimum absolute atomic E-state index is 0.00114. The summed E-state index contributed by atoms with van der Waals surface area (Å²) in [4.78, 5) is 1.88. The molecule has 0 radical (unpaired) electrons. The summed E-state index contributed by atoms with van der Waals surface area (Å²) in [6, 6.07) is 5.42. The van der Waals surface area contributed by atoms with Crippen LogP contribution in [0.5, 0.6) is 0 Å². The molecule has 3 heteroatoms. The number of hydrogen-bond acceptors (Lipinski definition) is 2. The normalized spacial score (nSPS) is 9.57. The molecule has 0 fully saturated rings. The first kappa shape index (κ1) is 10.9. The van der Waals surface area contributed by atoms with E-state index in [4.69, 9.17) is 23.1 Å². The molecule has 0 saturated heterocycles. The maximum absolute atomic E-state index is 8.89. The minimum Gasteiger partial charge on any atom is -0.392 e. The summed E-state index contributed by atoms with van der Waals surface area (Å²) in [6.45, 7) is 0.511. The second-order valence-electron chi connectivity index (χ2n) is 3.00. The van der Waals surface area contributed by atoms with Gasteiger partial charge >= 0.3 is 0 Å². The van der Waals surface area contributed by atoms with Gasteiger partial charge in [0.2, 0.25) is 0 Å². The minimum atomic E-state index is -0.00114. The first-order valence-corrected chi connectivity index (χ1v) is 4.60. The third-order valence-electron chi connectivity index (χ3n) is 1.93. The van der Waals surface area contributed by atoms with Crippen LogP contribution in [0.1, 0.15) is 5.56 Å². The van der Waals surface area contributed by atoms with Crippen LogP contribution in [0.2, 0.25) is 5.02 Å². The highest BCUT2D eigenvalue weighted by atomic mass is 35.5. The van der Waals surface area contributed by atoms with Crippen molar-refractivity contribution in [3.05, 3.63) is 28.8 Å². The van der Waals surface area contributed by atoms with E-state index in [0.717, 1.165) is 11.3 Å². The summed E-state index contributed by atoms with van der Waals surface area (Å²) >= 11 is 6.02. The Morgan fingerprint density at radius 3 is 2.79 bits per heavy atom. The van der Waals surface area contributed by atoms with E-state index < -0.39 is 0 Å². The van der Waals surface area contributed by atoms with Crippen molar-refractivity contribution < 1.29 is 5.11 Å². The van der Waals surface area contributed by atoms with Crippen molar-refractivity contribution in [1.29, 1.82) is 0 Å². The number of aliphatic hydroxyl groups is 1. The van der Waals surface area contributed by atoms with Crippen molar-refractivity contribution in [2.75, 3.05) is 18.5 Å². The number of terminal acetylenes is 1. The quantitative estimate of drug-likeness (QED) is 0.769. The molecule has 14 heavy (non-hydrogen) atoms. The highest BCUT2D eigenvalue weighted by molar-refractivity contribution is 6.33. The number of hydrogen-bond donors (Lipinski definition) is 1. The Balaban J connectivity index is 2.94. The SMILES string of the molecule is C#CCN(C)c1ccc(CO)cc1Cl. The summed E-state index contributed by atoms with van der Waals surface area (Å²) in [6.07, 6.45) is 5.20. The average Bonchev–Trinajstić information content (AvgIpc) is 2.17. The predicted molar refractivity (Wildman–Crippen MR) is 59.5 cm³/mol. The molecule has 0 saturated carbocycles. The smallest absolute Gasteiger partial charge is 0.0788 e. The van der Waals surface area contributed by atoms with Crippen LogP contribution < -0.4 is 4.90 Å².